The van der Waals surface area contributed by atoms with Gasteiger partial charge in [0.15, 0.2) is 23.0 Å². The molecule has 0 saturated carbocycles. The largest absolute Gasteiger partial charge is 0.493 e. The molecule has 0 amide bonds. The molecule has 0 fully saturated rings. The number of hydrogen-bond donors (Lipinski definition) is 1. The quantitative estimate of drug-likeness (QED) is 0.530. The third kappa shape index (κ3) is 4.95. The summed E-state index contributed by atoms with van der Waals surface area (Å²) in [6.45, 7) is 2.94. The van der Waals surface area contributed by atoms with Crippen LogP contribution in [0.4, 0.5) is 0 Å². The average molecular weight is 379 g/mol. The highest BCUT2D eigenvalue weighted by atomic mass is 35.5. The van der Waals surface area contributed by atoms with E-state index in [1.807, 2.05) is 31.2 Å². The molecule has 0 aliphatic rings. The van der Waals surface area contributed by atoms with Crippen molar-refractivity contribution < 1.29 is 18.9 Å². The third-order valence-corrected chi connectivity index (χ3v) is 3.86. The fourth-order valence-corrected chi connectivity index (χ4v) is 2.62. The van der Waals surface area contributed by atoms with Crippen LogP contribution in [0.25, 0.3) is 0 Å². The highest BCUT2D eigenvalue weighted by molar-refractivity contribution is 6.32. The zero-order valence-electron chi connectivity index (χ0n) is 15.3. The minimum atomic E-state index is 0.479. The molecular formula is C19H23ClN2O4. The maximum Gasteiger partial charge on any atom is 0.179 e. The second-order valence-electron chi connectivity index (χ2n) is 5.25. The molecule has 0 aliphatic heterocycles. The number of hydrogen-bond acceptors (Lipinski definition) is 6. The van der Waals surface area contributed by atoms with Gasteiger partial charge in [-0.3, -0.25) is 0 Å². The van der Waals surface area contributed by atoms with E-state index in [4.69, 9.17) is 30.5 Å². The lowest BCUT2D eigenvalue weighted by atomic mass is 10.2. The van der Waals surface area contributed by atoms with Crippen LogP contribution >= 0.6 is 11.6 Å². The summed E-state index contributed by atoms with van der Waals surface area (Å²) >= 11 is 6.25. The van der Waals surface area contributed by atoms with E-state index < -0.39 is 0 Å². The number of halogens is 1. The summed E-state index contributed by atoms with van der Waals surface area (Å²) in [5.41, 5.74) is 4.81. The molecular weight excluding hydrogens is 356 g/mol. The number of nitrogens with one attached hydrogen (secondary N) is 1. The van der Waals surface area contributed by atoms with Crippen molar-refractivity contribution in [3.63, 3.8) is 0 Å². The summed E-state index contributed by atoms with van der Waals surface area (Å²) in [5.74, 6) is 2.47. The van der Waals surface area contributed by atoms with Gasteiger partial charge in [-0.15, -0.1) is 0 Å². The van der Waals surface area contributed by atoms with Gasteiger partial charge < -0.3 is 24.4 Å². The minimum Gasteiger partial charge on any atom is -0.493 e. The van der Waals surface area contributed by atoms with E-state index in [2.05, 4.69) is 10.5 Å². The predicted octanol–water partition coefficient (Wildman–Crippen LogP) is 3.89. The molecule has 0 aromatic heterocycles. The smallest absolute Gasteiger partial charge is 0.179 e. The highest BCUT2D eigenvalue weighted by Gasteiger charge is 2.10. The van der Waals surface area contributed by atoms with Crippen LogP contribution in [0.3, 0.4) is 0 Å². The molecule has 2 aromatic carbocycles. The molecule has 6 nitrogen and oxygen atoms in total. The van der Waals surface area contributed by atoms with Crippen LogP contribution in [0.1, 0.15) is 18.1 Å². The van der Waals surface area contributed by atoms with Gasteiger partial charge in [0.2, 0.25) is 0 Å². The molecule has 1 N–H and O–H groups in total. The molecule has 0 spiro atoms. The Labute approximate surface area is 158 Å². The van der Waals surface area contributed by atoms with Gasteiger partial charge >= 0.3 is 0 Å². The van der Waals surface area contributed by atoms with Crippen LogP contribution < -0.4 is 24.4 Å². The van der Waals surface area contributed by atoms with Crippen LogP contribution in [0.5, 0.6) is 23.0 Å². The maximum atomic E-state index is 6.25. The fraction of sp³-hybridized carbons (Fsp3) is 0.316. The summed E-state index contributed by atoms with van der Waals surface area (Å²) in [6.07, 6.45) is 1.67. The fourth-order valence-electron chi connectivity index (χ4n) is 2.35. The summed E-state index contributed by atoms with van der Waals surface area (Å²) in [5, 5.41) is 4.70. The highest BCUT2D eigenvalue weighted by Crippen LogP contribution is 2.36. The second kappa shape index (κ2) is 9.77. The molecule has 0 bridgehead atoms. The van der Waals surface area contributed by atoms with E-state index >= 15 is 0 Å². The Balaban J connectivity index is 2.03. The number of benzene rings is 2. The van der Waals surface area contributed by atoms with E-state index in [0.717, 1.165) is 11.1 Å². The first-order chi connectivity index (χ1) is 12.6. The lowest BCUT2D eigenvalue weighted by molar-refractivity contribution is 0.311. The monoisotopic (exact) mass is 378 g/mol. The van der Waals surface area contributed by atoms with Crippen molar-refractivity contribution in [2.24, 2.45) is 5.10 Å². The van der Waals surface area contributed by atoms with Crippen molar-refractivity contribution in [3.05, 3.63) is 46.5 Å². The Morgan fingerprint density at radius 2 is 1.73 bits per heavy atom. The van der Waals surface area contributed by atoms with Gasteiger partial charge in [-0.05, 0) is 42.3 Å². The molecule has 0 aliphatic carbocycles. The van der Waals surface area contributed by atoms with E-state index in [1.165, 1.54) is 0 Å². The normalized spacial score (nSPS) is 10.7. The molecule has 0 unspecified atom stereocenters. The van der Waals surface area contributed by atoms with Gasteiger partial charge in [0.05, 0.1) is 45.7 Å². The lowest BCUT2D eigenvalue weighted by Crippen LogP contribution is -2.06. The Morgan fingerprint density at radius 1 is 1.00 bits per heavy atom. The summed E-state index contributed by atoms with van der Waals surface area (Å²) in [7, 11) is 4.79. The van der Waals surface area contributed by atoms with E-state index in [1.54, 1.807) is 33.6 Å². The van der Waals surface area contributed by atoms with E-state index in [-0.39, 0.29) is 0 Å². The van der Waals surface area contributed by atoms with Gasteiger partial charge in [0, 0.05) is 0 Å². The molecule has 7 heteroatoms. The second-order valence-corrected chi connectivity index (χ2v) is 5.66. The van der Waals surface area contributed by atoms with E-state index in [0.29, 0.717) is 41.2 Å². The molecule has 0 radical (unpaired) electrons. The molecule has 0 atom stereocenters. The SMILES string of the molecule is CCOc1c(Cl)cc(/C=N/NCc2ccc(OC)c(OC)c2)cc1OC. The van der Waals surface area contributed by atoms with Gasteiger partial charge in [-0.1, -0.05) is 17.7 Å². The Morgan fingerprint density at radius 3 is 2.38 bits per heavy atom. The van der Waals surface area contributed by atoms with Crippen LogP contribution in [-0.4, -0.2) is 34.2 Å². The number of nitrogens with zero attached hydrogens (tertiary/aromatic N) is 1. The van der Waals surface area contributed by atoms with Gasteiger partial charge in [0.1, 0.15) is 0 Å². The average Bonchev–Trinajstić information content (AvgIpc) is 2.66. The summed E-state index contributed by atoms with van der Waals surface area (Å²) < 4.78 is 21.3. The maximum absolute atomic E-state index is 6.25. The molecule has 2 rings (SSSR count). The molecule has 0 heterocycles. The first-order valence-electron chi connectivity index (χ1n) is 8.10. The van der Waals surface area contributed by atoms with Crippen molar-refractivity contribution in [1.29, 1.82) is 0 Å². The molecule has 2 aromatic rings. The van der Waals surface area contributed by atoms with E-state index in [9.17, 15) is 0 Å². The van der Waals surface area contributed by atoms with Gasteiger partial charge in [-0.25, -0.2) is 0 Å². The Kier molecular flexibility index (Phi) is 7.41. The molecule has 0 saturated heterocycles. The van der Waals surface area contributed by atoms with Gasteiger partial charge in [0.25, 0.3) is 0 Å². The number of hydrazone groups is 1. The van der Waals surface area contributed by atoms with Crippen molar-refractivity contribution in [2.45, 2.75) is 13.5 Å². The van der Waals surface area contributed by atoms with Crippen molar-refractivity contribution >= 4 is 17.8 Å². The van der Waals surface area contributed by atoms with Crippen molar-refractivity contribution in [1.82, 2.24) is 5.43 Å². The van der Waals surface area contributed by atoms with Crippen LogP contribution in [0.2, 0.25) is 5.02 Å². The minimum absolute atomic E-state index is 0.479. The van der Waals surface area contributed by atoms with Crippen LogP contribution in [-0.2, 0) is 6.54 Å². The molecule has 140 valence electrons. The zero-order valence-corrected chi connectivity index (χ0v) is 16.1. The van der Waals surface area contributed by atoms with Crippen LogP contribution in [0.15, 0.2) is 35.4 Å². The topological polar surface area (TPSA) is 61.3 Å². The lowest BCUT2D eigenvalue weighted by Gasteiger charge is -2.11. The number of rotatable bonds is 9. The number of methoxy groups -OCH3 is 3. The Bertz CT molecular complexity index is 765. The van der Waals surface area contributed by atoms with Crippen molar-refractivity contribution in [2.75, 3.05) is 27.9 Å². The van der Waals surface area contributed by atoms with Gasteiger partial charge in [-0.2, -0.15) is 5.10 Å². The summed E-state index contributed by atoms with van der Waals surface area (Å²) in [4.78, 5) is 0. The van der Waals surface area contributed by atoms with Crippen LogP contribution in [0, 0.1) is 0 Å². The summed E-state index contributed by atoms with van der Waals surface area (Å²) in [6, 6.07) is 9.30. The first-order valence-corrected chi connectivity index (χ1v) is 8.47. The number of ether oxygens (including phenoxy) is 4. The first kappa shape index (κ1) is 19.7. The zero-order chi connectivity index (χ0) is 18.9. The third-order valence-electron chi connectivity index (χ3n) is 3.58. The predicted molar refractivity (Wildman–Crippen MR) is 103 cm³/mol. The Hall–Kier alpha value is -2.60. The molecule has 26 heavy (non-hydrogen) atoms. The standard InChI is InChI=1S/C19H23ClN2O4/c1-5-26-19-15(20)8-14(10-18(19)25-4)12-22-21-11-13-6-7-16(23-2)17(9-13)24-3/h6-10,12,21H,5,11H2,1-4H3/b22-12+. The van der Waals surface area contributed by atoms with Crippen molar-refractivity contribution in [3.8, 4) is 23.0 Å².